The molecular weight excluding hydrogens is 439 g/mol. The number of benzene rings is 2. The van der Waals surface area contributed by atoms with Crippen molar-refractivity contribution in [1.29, 1.82) is 0 Å². The van der Waals surface area contributed by atoms with Crippen LogP contribution in [0.4, 0.5) is 22.0 Å². The minimum atomic E-state index is -4.92. The molecule has 0 saturated carbocycles. The Balaban J connectivity index is 2.21. The number of aromatic nitrogens is 1. The summed E-state index contributed by atoms with van der Waals surface area (Å²) < 4.78 is 70.7. The van der Waals surface area contributed by atoms with Gasteiger partial charge in [-0.05, 0) is 43.7 Å². The summed E-state index contributed by atoms with van der Waals surface area (Å²) in [5, 5.41) is 11.8. The number of phenols is 1. The molecule has 1 heterocycles. The Labute approximate surface area is 178 Å². The van der Waals surface area contributed by atoms with Crippen molar-refractivity contribution in [1.82, 2.24) is 9.88 Å². The number of carbonyl (C=O) groups excluding carboxylic acids is 2. The zero-order chi connectivity index (χ0) is 24.0. The molecule has 2 aromatic carbocycles. The van der Waals surface area contributed by atoms with Gasteiger partial charge in [0.1, 0.15) is 5.75 Å². The van der Waals surface area contributed by atoms with E-state index in [0.29, 0.717) is 0 Å². The van der Waals surface area contributed by atoms with Crippen molar-refractivity contribution in [2.24, 2.45) is 0 Å². The summed E-state index contributed by atoms with van der Waals surface area (Å²) in [7, 11) is 1.36. The number of phenolic OH excluding ortho intramolecular Hbond substituents is 1. The summed E-state index contributed by atoms with van der Waals surface area (Å²) in [6.45, 7) is 2.85. The Morgan fingerprint density at radius 1 is 1.16 bits per heavy atom. The minimum absolute atomic E-state index is 0.0533. The molecule has 0 fully saturated rings. The topological polar surface area (TPSA) is 80.6 Å². The molecule has 1 amide bonds. The van der Waals surface area contributed by atoms with Crippen LogP contribution in [0.25, 0.3) is 10.9 Å². The average molecular weight is 456 g/mol. The predicted molar refractivity (Wildman–Crippen MR) is 104 cm³/mol. The second-order valence-electron chi connectivity index (χ2n) is 6.96. The molecule has 0 bridgehead atoms. The molecule has 0 radical (unpaired) electrons. The molecule has 32 heavy (non-hydrogen) atoms. The first-order chi connectivity index (χ1) is 14.9. The van der Waals surface area contributed by atoms with Crippen molar-refractivity contribution in [2.75, 3.05) is 7.05 Å². The maximum Gasteiger partial charge on any atom is 0.573 e. The first kappa shape index (κ1) is 23.0. The van der Waals surface area contributed by atoms with Crippen LogP contribution in [0.15, 0.2) is 30.3 Å². The SMILES string of the molecule is CNC(=O)C(C)c1c(C)n(C(=O)c2ccc(OC(F)(F)F)cc2)c2cc(F)c(O)c(F)c12. The van der Waals surface area contributed by atoms with Gasteiger partial charge in [-0.15, -0.1) is 13.2 Å². The number of hydrogen-bond acceptors (Lipinski definition) is 4. The van der Waals surface area contributed by atoms with Crippen molar-refractivity contribution >= 4 is 22.7 Å². The van der Waals surface area contributed by atoms with Gasteiger partial charge in [-0.1, -0.05) is 0 Å². The normalized spacial score (nSPS) is 12.6. The Morgan fingerprint density at radius 2 is 1.75 bits per heavy atom. The maximum absolute atomic E-state index is 14.8. The van der Waals surface area contributed by atoms with Gasteiger partial charge in [0.2, 0.25) is 5.91 Å². The van der Waals surface area contributed by atoms with Gasteiger partial charge < -0.3 is 15.2 Å². The van der Waals surface area contributed by atoms with E-state index in [-0.39, 0.29) is 27.7 Å². The third kappa shape index (κ3) is 3.97. The van der Waals surface area contributed by atoms with Crippen LogP contribution in [0.3, 0.4) is 0 Å². The van der Waals surface area contributed by atoms with E-state index < -0.39 is 47.2 Å². The van der Waals surface area contributed by atoms with E-state index >= 15 is 0 Å². The standard InChI is InChI=1S/C21H17F5N2O4/c1-9(19(30)27-3)15-10(2)28(14-8-13(22)18(29)17(23)16(14)15)20(31)11-4-6-12(7-5-11)32-21(24,25)26/h4-9,29H,1-3H3,(H,27,30). The molecule has 11 heteroatoms. The van der Waals surface area contributed by atoms with Gasteiger partial charge in [-0.3, -0.25) is 14.2 Å². The summed E-state index contributed by atoms with van der Waals surface area (Å²) in [6.07, 6.45) is -4.92. The molecule has 0 spiro atoms. The van der Waals surface area contributed by atoms with Gasteiger partial charge in [0.05, 0.1) is 11.4 Å². The van der Waals surface area contributed by atoms with Crippen LogP contribution in [-0.4, -0.2) is 34.9 Å². The summed E-state index contributed by atoms with van der Waals surface area (Å²) >= 11 is 0. The van der Waals surface area contributed by atoms with E-state index in [9.17, 15) is 36.6 Å². The van der Waals surface area contributed by atoms with Gasteiger partial charge in [-0.2, -0.15) is 0 Å². The lowest BCUT2D eigenvalue weighted by molar-refractivity contribution is -0.274. The molecule has 1 aromatic heterocycles. The van der Waals surface area contributed by atoms with E-state index in [4.69, 9.17) is 0 Å². The number of fused-ring (bicyclic) bond motifs is 1. The highest BCUT2D eigenvalue weighted by Gasteiger charge is 2.32. The van der Waals surface area contributed by atoms with E-state index in [1.54, 1.807) is 0 Å². The zero-order valence-electron chi connectivity index (χ0n) is 17.0. The first-order valence-electron chi connectivity index (χ1n) is 9.21. The largest absolute Gasteiger partial charge is 0.573 e. The number of likely N-dealkylation sites (N-methyl/N-ethyl adjacent to an activating group) is 1. The van der Waals surface area contributed by atoms with Gasteiger partial charge in [0.15, 0.2) is 17.4 Å². The number of nitrogens with zero attached hydrogens (tertiary/aromatic N) is 1. The van der Waals surface area contributed by atoms with Crippen LogP contribution in [0.1, 0.15) is 34.5 Å². The van der Waals surface area contributed by atoms with E-state index in [2.05, 4.69) is 10.1 Å². The Bertz CT molecular complexity index is 1220. The fraction of sp³-hybridized carbons (Fsp3) is 0.238. The number of amides is 1. The van der Waals surface area contributed by atoms with Crippen LogP contribution in [0, 0.1) is 18.6 Å². The Morgan fingerprint density at radius 3 is 2.28 bits per heavy atom. The second kappa shape index (κ2) is 8.13. The fourth-order valence-corrected chi connectivity index (χ4v) is 3.58. The van der Waals surface area contributed by atoms with Crippen LogP contribution in [0.2, 0.25) is 0 Å². The molecule has 1 unspecified atom stereocenters. The zero-order valence-corrected chi connectivity index (χ0v) is 17.0. The summed E-state index contributed by atoms with van der Waals surface area (Å²) in [5.74, 6) is -6.79. The van der Waals surface area contributed by atoms with E-state index in [1.807, 2.05) is 0 Å². The lowest BCUT2D eigenvalue weighted by atomic mass is 9.96. The number of carbonyl (C=O) groups is 2. The number of ether oxygens (including phenoxy) is 1. The summed E-state index contributed by atoms with van der Waals surface area (Å²) in [4.78, 5) is 25.4. The molecule has 0 aliphatic heterocycles. The van der Waals surface area contributed by atoms with Crippen molar-refractivity contribution in [3.05, 3.63) is 58.8 Å². The second-order valence-corrected chi connectivity index (χ2v) is 6.96. The highest BCUT2D eigenvalue weighted by Crippen LogP contribution is 2.38. The van der Waals surface area contributed by atoms with E-state index in [1.165, 1.54) is 20.9 Å². The number of aromatic hydroxyl groups is 1. The molecule has 170 valence electrons. The van der Waals surface area contributed by atoms with Crippen molar-refractivity contribution in [2.45, 2.75) is 26.1 Å². The van der Waals surface area contributed by atoms with Gasteiger partial charge in [0, 0.05) is 29.8 Å². The lowest BCUT2D eigenvalue weighted by Crippen LogP contribution is -2.24. The van der Waals surface area contributed by atoms with Gasteiger partial charge >= 0.3 is 6.36 Å². The van der Waals surface area contributed by atoms with Gasteiger partial charge in [-0.25, -0.2) is 8.78 Å². The molecule has 3 aromatic rings. The highest BCUT2D eigenvalue weighted by molar-refractivity contribution is 6.05. The third-order valence-electron chi connectivity index (χ3n) is 5.02. The van der Waals surface area contributed by atoms with Crippen LogP contribution in [-0.2, 0) is 4.79 Å². The van der Waals surface area contributed by atoms with Crippen LogP contribution >= 0.6 is 0 Å². The molecule has 0 aliphatic carbocycles. The van der Waals surface area contributed by atoms with Crippen LogP contribution < -0.4 is 10.1 Å². The lowest BCUT2D eigenvalue weighted by Gasteiger charge is -2.12. The molecule has 3 rings (SSSR count). The van der Waals surface area contributed by atoms with E-state index in [0.717, 1.165) is 34.9 Å². The number of rotatable bonds is 4. The Kier molecular flexibility index (Phi) is 5.86. The molecule has 6 nitrogen and oxygen atoms in total. The molecule has 1 atom stereocenters. The number of alkyl halides is 3. The quantitative estimate of drug-likeness (QED) is 0.572. The first-order valence-corrected chi connectivity index (χ1v) is 9.21. The number of hydrogen-bond donors (Lipinski definition) is 2. The molecular formula is C21H17F5N2O4. The van der Waals surface area contributed by atoms with Crippen molar-refractivity contribution < 1.29 is 41.4 Å². The van der Waals surface area contributed by atoms with Crippen molar-refractivity contribution in [3.8, 4) is 11.5 Å². The Hall–Kier alpha value is -3.63. The average Bonchev–Trinajstić information content (AvgIpc) is 3.01. The number of nitrogens with one attached hydrogen (secondary N) is 1. The maximum atomic E-state index is 14.8. The molecule has 2 N–H and O–H groups in total. The van der Waals surface area contributed by atoms with Gasteiger partial charge in [0.25, 0.3) is 5.91 Å². The predicted octanol–water partition coefficient (Wildman–Crippen LogP) is 4.37. The minimum Gasteiger partial charge on any atom is -0.503 e. The van der Waals surface area contributed by atoms with Crippen molar-refractivity contribution in [3.63, 3.8) is 0 Å². The molecule has 0 aliphatic rings. The fourth-order valence-electron chi connectivity index (χ4n) is 3.58. The highest BCUT2D eigenvalue weighted by atomic mass is 19.4. The molecule has 0 saturated heterocycles. The summed E-state index contributed by atoms with van der Waals surface area (Å²) in [6, 6.07) is 4.71. The van der Waals surface area contributed by atoms with Crippen LogP contribution in [0.5, 0.6) is 11.5 Å². The number of halogens is 5. The smallest absolute Gasteiger partial charge is 0.503 e. The third-order valence-corrected chi connectivity index (χ3v) is 5.02. The summed E-state index contributed by atoms with van der Waals surface area (Å²) in [5.41, 5.74) is -0.202. The monoisotopic (exact) mass is 456 g/mol.